The number of nitrogens with zero attached hydrogens (tertiary/aromatic N) is 2. The van der Waals surface area contributed by atoms with Crippen LogP contribution in [-0.2, 0) is 28.8 Å². The number of esters is 1. The van der Waals surface area contributed by atoms with E-state index in [4.69, 9.17) is 37.2 Å². The topological polar surface area (TPSA) is 121 Å². The molecule has 10 nitrogen and oxygen atoms in total. The summed E-state index contributed by atoms with van der Waals surface area (Å²) in [6.45, 7) is 17.9. The number of hydroxylamine groups is 2. The molecular weight excluding hydrogens is 743 g/mol. The van der Waals surface area contributed by atoms with Crippen molar-refractivity contribution in [2.75, 3.05) is 6.61 Å². The maximum Gasteiger partial charge on any atom is 0.441 e. The molecule has 2 amide bonds. The molecule has 4 aromatic rings. The number of hydrogen-bond donors (Lipinski definition) is 0. The lowest BCUT2D eigenvalue weighted by atomic mass is 10.00. The minimum atomic E-state index is -4.52. The van der Waals surface area contributed by atoms with Gasteiger partial charge in [-0.3, -0.25) is 4.79 Å². The zero-order chi connectivity index (χ0) is 39.0. The van der Waals surface area contributed by atoms with E-state index in [0.717, 1.165) is 9.54 Å². The van der Waals surface area contributed by atoms with Gasteiger partial charge in [-0.2, -0.15) is 0 Å². The van der Waals surface area contributed by atoms with E-state index in [9.17, 15) is 22.8 Å². The molecule has 1 aromatic heterocycles. The first-order chi connectivity index (χ1) is 24.0. The largest absolute Gasteiger partial charge is 0.461 e. The summed E-state index contributed by atoms with van der Waals surface area (Å²) < 4.78 is 47.3. The molecule has 0 spiro atoms. The van der Waals surface area contributed by atoms with Crippen molar-refractivity contribution in [1.82, 2.24) is 9.04 Å². The Balaban J connectivity index is 2.17. The summed E-state index contributed by atoms with van der Waals surface area (Å²) in [6.07, 6.45) is 0.267. The van der Waals surface area contributed by atoms with E-state index in [1.54, 1.807) is 70.2 Å². The number of aryl methyl sites for hydroxylation is 1. The molecule has 14 heteroatoms. The van der Waals surface area contributed by atoms with E-state index >= 15 is 0 Å². The Morgan fingerprint density at radius 3 is 2.06 bits per heavy atom. The maximum atomic E-state index is 14.9. The fourth-order valence-electron chi connectivity index (χ4n) is 4.90. The second kappa shape index (κ2) is 15.2. The Morgan fingerprint density at radius 2 is 1.52 bits per heavy atom. The van der Waals surface area contributed by atoms with E-state index < -0.39 is 52.6 Å². The number of benzene rings is 3. The van der Waals surface area contributed by atoms with Crippen LogP contribution in [0.15, 0.2) is 71.6 Å². The van der Waals surface area contributed by atoms with E-state index in [2.05, 4.69) is 0 Å². The van der Waals surface area contributed by atoms with Gasteiger partial charge < -0.3 is 14.0 Å². The molecule has 0 saturated carbocycles. The number of halogens is 2. The molecule has 0 fully saturated rings. The van der Waals surface area contributed by atoms with Gasteiger partial charge >= 0.3 is 12.1 Å². The third-order valence-electron chi connectivity index (χ3n) is 8.48. The lowest BCUT2D eigenvalue weighted by Gasteiger charge is -2.39. The zero-order valence-corrected chi connectivity index (χ0v) is 34.3. The van der Waals surface area contributed by atoms with Crippen LogP contribution < -0.4 is 0 Å². The van der Waals surface area contributed by atoms with Crippen LogP contribution in [0.5, 0.6) is 0 Å². The molecule has 52 heavy (non-hydrogen) atoms. The number of hydrogen-bond acceptors (Lipinski definition) is 8. The van der Waals surface area contributed by atoms with Gasteiger partial charge in [-0.25, -0.2) is 22.0 Å². The van der Waals surface area contributed by atoms with E-state index in [0.29, 0.717) is 10.6 Å². The maximum absolute atomic E-state index is 14.9. The first kappa shape index (κ1) is 40.8. The standard InChI is InChI=1S/C38H44Cl2N2O8SSi/c1-11-48-35(44)33-29(32-30(40)21-26(39)22-31(32)42(33)51(46,47)27-19-17-24(2)18-20-27)23-28(25-15-13-12-14-16-25)34(43)41(36(45)49-37(3,4)5)50-52(9,10)38(6,7)8/h12-23H,11H2,1-10H3/b28-23+. The van der Waals surface area contributed by atoms with Crippen molar-refractivity contribution in [3.05, 3.63) is 99.2 Å². The third-order valence-corrected chi connectivity index (χ3v) is 15.0. The molecule has 278 valence electrons. The molecular formula is C38H44Cl2N2O8SSi. The number of rotatable bonds is 9. The number of fused-ring (bicyclic) bond motifs is 1. The summed E-state index contributed by atoms with van der Waals surface area (Å²) in [6, 6.07) is 17.2. The molecule has 4 rings (SSSR count). The molecule has 0 bridgehead atoms. The van der Waals surface area contributed by atoms with E-state index in [1.807, 2.05) is 40.8 Å². The van der Waals surface area contributed by atoms with Crippen LogP contribution >= 0.6 is 23.2 Å². The zero-order valence-electron chi connectivity index (χ0n) is 31.0. The summed E-state index contributed by atoms with van der Waals surface area (Å²) in [5.41, 5.74) is -0.516. The number of amides is 2. The van der Waals surface area contributed by atoms with Crippen molar-refractivity contribution in [3.63, 3.8) is 0 Å². The van der Waals surface area contributed by atoms with Crippen molar-refractivity contribution in [3.8, 4) is 0 Å². The molecule has 0 atom stereocenters. The van der Waals surface area contributed by atoms with Crippen molar-refractivity contribution < 1.29 is 36.8 Å². The highest BCUT2D eigenvalue weighted by atomic mass is 35.5. The Labute approximate surface area is 316 Å². The summed E-state index contributed by atoms with van der Waals surface area (Å²) in [5.74, 6) is -1.93. The highest BCUT2D eigenvalue weighted by Crippen LogP contribution is 2.41. The van der Waals surface area contributed by atoms with Gasteiger partial charge in [-0.15, -0.1) is 5.06 Å². The van der Waals surface area contributed by atoms with Gasteiger partial charge in [0.1, 0.15) is 5.60 Å². The van der Waals surface area contributed by atoms with Crippen molar-refractivity contribution in [1.29, 1.82) is 0 Å². The second-order valence-corrected chi connectivity index (χ2v) is 22.0. The molecule has 3 aromatic carbocycles. The first-order valence-corrected chi connectivity index (χ1v) is 21.7. The van der Waals surface area contributed by atoms with Gasteiger partial charge in [0.15, 0.2) is 5.69 Å². The average Bonchev–Trinajstić information content (AvgIpc) is 3.36. The predicted octanol–water partition coefficient (Wildman–Crippen LogP) is 9.91. The van der Waals surface area contributed by atoms with Crippen molar-refractivity contribution in [2.24, 2.45) is 0 Å². The molecule has 0 aliphatic heterocycles. The molecule has 0 aliphatic rings. The lowest BCUT2D eigenvalue weighted by molar-refractivity contribution is -0.149. The van der Waals surface area contributed by atoms with Crippen molar-refractivity contribution in [2.45, 2.75) is 84.0 Å². The lowest BCUT2D eigenvalue weighted by Crippen LogP contribution is -2.51. The van der Waals surface area contributed by atoms with Gasteiger partial charge in [0.25, 0.3) is 15.9 Å². The summed E-state index contributed by atoms with van der Waals surface area (Å²) >= 11 is 13.3. The number of aromatic nitrogens is 1. The molecule has 0 radical (unpaired) electrons. The summed E-state index contributed by atoms with van der Waals surface area (Å²) in [5, 5.41) is 0.371. The molecule has 0 saturated heterocycles. The van der Waals surface area contributed by atoms with Crippen LogP contribution in [0.4, 0.5) is 4.79 Å². The van der Waals surface area contributed by atoms with Crippen LogP contribution in [0.2, 0.25) is 28.2 Å². The van der Waals surface area contributed by atoms with Gasteiger partial charge in [-0.05, 0) is 88.7 Å². The Hall–Kier alpha value is -3.94. The number of imide groups is 1. The predicted molar refractivity (Wildman–Crippen MR) is 207 cm³/mol. The number of carbonyl (C=O) groups is 3. The van der Waals surface area contributed by atoms with Crippen LogP contribution in [0.1, 0.15) is 75.6 Å². The number of ether oxygens (including phenoxy) is 2. The van der Waals surface area contributed by atoms with Gasteiger partial charge in [-0.1, -0.05) is 92.0 Å². The summed E-state index contributed by atoms with van der Waals surface area (Å²) in [7, 11) is -7.40. The van der Waals surface area contributed by atoms with Crippen molar-refractivity contribution >= 4 is 82.1 Å². The minimum absolute atomic E-state index is 0.00135. The first-order valence-electron chi connectivity index (χ1n) is 16.6. The van der Waals surface area contributed by atoms with Gasteiger partial charge in [0.05, 0.1) is 27.6 Å². The Kier molecular flexibility index (Phi) is 11.9. The smallest absolute Gasteiger partial charge is 0.441 e. The SMILES string of the molecule is CCOC(=O)c1c(/C=C(/C(=O)N(O[Si](C)(C)C(C)(C)C)C(=O)OC(C)(C)C)c2ccccc2)c2c(Cl)cc(Cl)cc2n1S(=O)(=O)c1ccc(C)cc1. The highest BCUT2D eigenvalue weighted by Gasteiger charge is 2.44. The normalized spacial score (nSPS) is 12.9. The second-order valence-electron chi connectivity index (χ2n) is 14.7. The summed E-state index contributed by atoms with van der Waals surface area (Å²) in [4.78, 5) is 42.6. The van der Waals surface area contributed by atoms with Crippen LogP contribution in [0, 0.1) is 6.92 Å². The molecule has 0 N–H and O–H groups in total. The van der Waals surface area contributed by atoms with E-state index in [-0.39, 0.29) is 43.6 Å². The molecule has 0 aliphatic carbocycles. The van der Waals surface area contributed by atoms with Gasteiger partial charge in [0.2, 0.25) is 8.32 Å². The third kappa shape index (κ3) is 8.64. The van der Waals surface area contributed by atoms with Crippen LogP contribution in [0.3, 0.4) is 0 Å². The fraction of sp³-hybridized carbons (Fsp3) is 0.342. The quantitative estimate of drug-likeness (QED) is 0.0712. The Morgan fingerprint density at radius 1 is 0.923 bits per heavy atom. The highest BCUT2D eigenvalue weighted by molar-refractivity contribution is 7.90. The average molecular weight is 788 g/mol. The monoisotopic (exact) mass is 786 g/mol. The minimum Gasteiger partial charge on any atom is -0.461 e. The van der Waals surface area contributed by atoms with Crippen LogP contribution in [0.25, 0.3) is 22.6 Å². The fourth-order valence-corrected chi connectivity index (χ4v) is 7.88. The molecule has 1 heterocycles. The van der Waals surface area contributed by atoms with Crippen LogP contribution in [-0.4, -0.2) is 55.9 Å². The Bertz CT molecular complexity index is 2150. The number of carbonyl (C=O) groups excluding carboxylic acids is 3. The molecule has 0 unspecified atom stereocenters. The van der Waals surface area contributed by atoms with E-state index in [1.165, 1.54) is 30.3 Å². The van der Waals surface area contributed by atoms with Gasteiger partial charge in [0, 0.05) is 16.0 Å².